The number of fused-ring (bicyclic) bond motifs is 3. The number of rotatable bonds is 9. The van der Waals surface area contributed by atoms with Crippen molar-refractivity contribution in [3.05, 3.63) is 90.1 Å². The van der Waals surface area contributed by atoms with Gasteiger partial charge in [-0.3, -0.25) is 28.8 Å². The summed E-state index contributed by atoms with van der Waals surface area (Å²) < 4.78 is 5.98. The number of nitrogens with two attached hydrogens (primary N) is 1. The number of phenolic OH excluding ortho intramolecular Hbond substituents is 1. The molecule has 68 heavy (non-hydrogen) atoms. The zero-order valence-corrected chi connectivity index (χ0v) is 38.6. The lowest BCUT2D eigenvalue weighted by molar-refractivity contribution is -0.148. The molecule has 360 valence electrons. The molecular formula is C52H64N8O8. The summed E-state index contributed by atoms with van der Waals surface area (Å²) in [4.78, 5) is 95.5. The van der Waals surface area contributed by atoms with Crippen LogP contribution in [0.3, 0.4) is 0 Å². The van der Waals surface area contributed by atoms with Crippen LogP contribution in [0.15, 0.2) is 79.0 Å². The Hall–Kier alpha value is -6.42. The van der Waals surface area contributed by atoms with Crippen LogP contribution in [0.1, 0.15) is 94.6 Å². The number of hydrogen-bond acceptors (Lipinski definition) is 9. The average Bonchev–Trinajstić information content (AvgIpc) is 4.20. The zero-order valence-electron chi connectivity index (χ0n) is 38.6. The Bertz CT molecular complexity index is 2480. The molecule has 16 nitrogen and oxygen atoms in total. The number of aromatic amines is 1. The highest BCUT2D eigenvalue weighted by atomic mass is 16.5. The lowest BCUT2D eigenvalue weighted by Gasteiger charge is -2.35. The fraction of sp³-hybridized carbons (Fsp3) is 0.500. The average molecular weight is 929 g/mol. The van der Waals surface area contributed by atoms with Crippen molar-refractivity contribution in [1.82, 2.24) is 36.1 Å². The number of nitrogens with one attached hydrogen (secondary N) is 5. The van der Waals surface area contributed by atoms with Crippen LogP contribution in [-0.4, -0.2) is 111 Å². The maximum absolute atomic E-state index is 15.0. The van der Waals surface area contributed by atoms with E-state index in [1.807, 2.05) is 24.3 Å². The molecule has 2 saturated carbocycles. The van der Waals surface area contributed by atoms with Crippen LogP contribution in [0.5, 0.6) is 17.2 Å². The Kier molecular flexibility index (Phi) is 14.0. The molecule has 0 radical (unpaired) electrons. The molecule has 1 aromatic heterocycles. The molecule has 9 rings (SSSR count). The number of aromatic hydroxyl groups is 1. The third kappa shape index (κ3) is 10.1. The van der Waals surface area contributed by atoms with Gasteiger partial charge < -0.3 is 51.6 Å². The van der Waals surface area contributed by atoms with Crippen molar-refractivity contribution in [2.24, 2.45) is 17.6 Å². The van der Waals surface area contributed by atoms with E-state index in [0.717, 1.165) is 48.6 Å². The van der Waals surface area contributed by atoms with E-state index < -0.39 is 65.3 Å². The Morgan fingerprint density at radius 3 is 2.09 bits per heavy atom. The molecule has 4 aromatic rings. The normalized spacial score (nSPS) is 26.4. The minimum Gasteiger partial charge on any atom is -0.508 e. The molecular weight excluding hydrogens is 865 g/mol. The van der Waals surface area contributed by atoms with E-state index in [4.69, 9.17) is 10.5 Å². The van der Waals surface area contributed by atoms with Crippen molar-refractivity contribution in [2.45, 2.75) is 132 Å². The van der Waals surface area contributed by atoms with Crippen molar-refractivity contribution in [3.63, 3.8) is 0 Å². The first-order valence-corrected chi connectivity index (χ1v) is 24.6. The Balaban J connectivity index is 1.07. The molecule has 5 fully saturated rings. The van der Waals surface area contributed by atoms with Gasteiger partial charge in [0.1, 0.15) is 53.0 Å². The predicted octanol–water partition coefficient (Wildman–Crippen LogP) is 4.49. The Morgan fingerprint density at radius 2 is 1.35 bits per heavy atom. The highest BCUT2D eigenvalue weighted by molar-refractivity contribution is 6.00. The number of phenols is 1. The van der Waals surface area contributed by atoms with E-state index in [9.17, 15) is 33.9 Å². The standard InChI is InChI=1S/C52H64N8O8/c53-25-22-41-49(65)59-26-8-13-44(59)50(66)60-31-35(33-9-2-1-3-10-33)29-45(60)48(64)56-42(27-32-14-18-37(19-15-32)68-38-20-16-36(61)17-21-38)47(63)58-52(23-6-7-24-52)51(67)57-43(46(62)55-41)28-34-30-54-40-12-5-4-11-39(34)40/h4-5,11-12,14-21,30,33,35,41-45,54,61H,1-3,6-10,13,22-29,31,53H2,(H,55,62)(H,56,64)(H,57,67)(H,58,63)/t35-,41+,42+,43+,44-,45-/m1/s1. The molecule has 6 atom stereocenters. The van der Waals surface area contributed by atoms with Crippen molar-refractivity contribution >= 4 is 46.3 Å². The van der Waals surface area contributed by atoms with Gasteiger partial charge in [0, 0.05) is 43.0 Å². The Morgan fingerprint density at radius 1 is 0.662 bits per heavy atom. The molecule has 6 amide bonds. The van der Waals surface area contributed by atoms with E-state index in [0.29, 0.717) is 81.0 Å². The molecule has 3 saturated heterocycles. The molecule has 4 heterocycles. The molecule has 3 aliphatic heterocycles. The van der Waals surface area contributed by atoms with Crippen LogP contribution in [0.25, 0.3) is 10.9 Å². The van der Waals surface area contributed by atoms with Crippen molar-refractivity contribution in [2.75, 3.05) is 19.6 Å². The van der Waals surface area contributed by atoms with Crippen LogP contribution in [-0.2, 0) is 41.6 Å². The molecule has 1 spiro atoms. The highest BCUT2D eigenvalue weighted by Crippen LogP contribution is 2.39. The lowest BCUT2D eigenvalue weighted by atomic mass is 9.79. The van der Waals surface area contributed by atoms with Crippen molar-refractivity contribution in [3.8, 4) is 17.2 Å². The first-order valence-electron chi connectivity index (χ1n) is 24.6. The van der Waals surface area contributed by atoms with Gasteiger partial charge in [-0.1, -0.05) is 75.3 Å². The van der Waals surface area contributed by atoms with E-state index in [2.05, 4.69) is 26.3 Å². The SMILES string of the molecule is NCC[C@@H]1NC(=O)[C@H](Cc2c[nH]c3ccccc23)NC(=O)C2(CCCC2)NC(=O)[C@H](Cc2ccc(Oc3ccc(O)cc3)cc2)NC(=O)[C@H]2C[C@@H](C3CCCCC3)CN2C(=O)[C@H]2CCCN2C1=O. The number of nitrogens with zero attached hydrogens (tertiary/aromatic N) is 2. The van der Waals surface area contributed by atoms with Crippen LogP contribution in [0.2, 0.25) is 0 Å². The monoisotopic (exact) mass is 928 g/mol. The number of H-pyrrole nitrogens is 1. The van der Waals surface area contributed by atoms with E-state index >= 15 is 0 Å². The van der Waals surface area contributed by atoms with Crippen molar-refractivity contribution < 1.29 is 38.6 Å². The summed E-state index contributed by atoms with van der Waals surface area (Å²) in [6.45, 7) is 0.733. The third-order valence-corrected chi connectivity index (χ3v) is 15.2. The summed E-state index contributed by atoms with van der Waals surface area (Å²) in [5, 5.41) is 22.7. The molecule has 3 aromatic carbocycles. The van der Waals surface area contributed by atoms with Crippen LogP contribution in [0, 0.1) is 11.8 Å². The fourth-order valence-electron chi connectivity index (χ4n) is 11.5. The molecule has 0 bridgehead atoms. The minimum atomic E-state index is -1.41. The maximum atomic E-state index is 15.0. The van der Waals surface area contributed by atoms with Crippen LogP contribution in [0.4, 0.5) is 0 Å². The summed E-state index contributed by atoms with van der Waals surface area (Å²) in [5.41, 5.74) is 7.00. The summed E-state index contributed by atoms with van der Waals surface area (Å²) >= 11 is 0. The first kappa shape index (κ1) is 46.7. The number of carbonyl (C=O) groups excluding carboxylic acids is 6. The smallest absolute Gasteiger partial charge is 0.246 e. The van der Waals surface area contributed by atoms with Gasteiger partial charge in [-0.25, -0.2) is 0 Å². The second-order valence-electron chi connectivity index (χ2n) is 19.6. The van der Waals surface area contributed by atoms with Gasteiger partial charge in [-0.2, -0.15) is 0 Å². The summed E-state index contributed by atoms with van der Waals surface area (Å²) in [7, 11) is 0. The van der Waals surface area contributed by atoms with E-state index in [1.54, 1.807) is 52.4 Å². The Labute approximate surface area is 396 Å². The number of hydrogen-bond donors (Lipinski definition) is 7. The number of para-hydroxylation sites is 1. The van der Waals surface area contributed by atoms with Gasteiger partial charge in [0.2, 0.25) is 35.4 Å². The number of benzene rings is 3. The van der Waals surface area contributed by atoms with Crippen LogP contribution >= 0.6 is 0 Å². The highest BCUT2D eigenvalue weighted by Gasteiger charge is 2.49. The minimum absolute atomic E-state index is 0.0561. The number of carbonyl (C=O) groups is 6. The second-order valence-corrected chi connectivity index (χ2v) is 19.6. The largest absolute Gasteiger partial charge is 0.508 e. The van der Waals surface area contributed by atoms with Gasteiger partial charge in [0.05, 0.1) is 0 Å². The summed E-state index contributed by atoms with van der Waals surface area (Å²) in [6.07, 6.45) is 10.6. The fourth-order valence-corrected chi connectivity index (χ4v) is 11.5. The predicted molar refractivity (Wildman–Crippen MR) is 254 cm³/mol. The molecule has 8 N–H and O–H groups in total. The van der Waals surface area contributed by atoms with Gasteiger partial charge in [0.25, 0.3) is 0 Å². The van der Waals surface area contributed by atoms with Crippen LogP contribution < -0.4 is 31.7 Å². The maximum Gasteiger partial charge on any atom is 0.246 e. The third-order valence-electron chi connectivity index (χ3n) is 15.2. The zero-order chi connectivity index (χ0) is 47.4. The second kappa shape index (κ2) is 20.4. The molecule has 16 heteroatoms. The first-order chi connectivity index (χ1) is 33.0. The molecule has 2 aliphatic carbocycles. The number of amides is 6. The summed E-state index contributed by atoms with van der Waals surface area (Å²) in [5.74, 6) is -1.33. The molecule has 0 unspecified atom stereocenters. The number of aromatic nitrogens is 1. The number of ether oxygens (including phenoxy) is 1. The van der Waals surface area contributed by atoms with Gasteiger partial charge in [-0.05, 0) is 110 Å². The quantitative estimate of drug-likeness (QED) is 0.125. The van der Waals surface area contributed by atoms with E-state index in [1.165, 1.54) is 12.1 Å². The van der Waals surface area contributed by atoms with Crippen molar-refractivity contribution in [1.29, 1.82) is 0 Å². The van der Waals surface area contributed by atoms with Gasteiger partial charge in [-0.15, -0.1) is 0 Å². The van der Waals surface area contributed by atoms with Gasteiger partial charge >= 0.3 is 0 Å². The van der Waals surface area contributed by atoms with E-state index in [-0.39, 0.29) is 43.4 Å². The topological polar surface area (TPSA) is 228 Å². The lowest BCUT2D eigenvalue weighted by Crippen LogP contribution is -2.65. The van der Waals surface area contributed by atoms with Gasteiger partial charge in [0.15, 0.2) is 0 Å². The molecule has 5 aliphatic rings. The summed E-state index contributed by atoms with van der Waals surface area (Å²) in [6, 6.07) is 16.0.